The number of rotatable bonds is 1. The average Bonchev–Trinajstić information content (AvgIpc) is 2.27. The summed E-state index contributed by atoms with van der Waals surface area (Å²) >= 11 is 0. The van der Waals surface area contributed by atoms with E-state index >= 15 is 0 Å². The molecule has 0 bridgehead atoms. The fourth-order valence-electron chi connectivity index (χ4n) is 0.903. The number of hydrogen-bond donors (Lipinski definition) is 0. The zero-order chi connectivity index (χ0) is 11.1. The molecule has 15 heavy (non-hydrogen) atoms. The summed E-state index contributed by atoms with van der Waals surface area (Å²) in [6.07, 6.45) is 0.550. The minimum absolute atomic E-state index is 0.337. The Morgan fingerprint density at radius 3 is 2.53 bits per heavy atom. The molecule has 0 aliphatic rings. The van der Waals surface area contributed by atoms with Crippen molar-refractivity contribution in [2.24, 2.45) is 0 Å². The molecule has 1 rings (SSSR count). The van der Waals surface area contributed by atoms with Gasteiger partial charge in [0.2, 0.25) is 0 Å². The van der Waals surface area contributed by atoms with E-state index in [-0.39, 0.29) is 0 Å². The summed E-state index contributed by atoms with van der Waals surface area (Å²) in [6.45, 7) is 1.80. The van der Waals surface area contributed by atoms with Crippen LogP contribution in [0.5, 0.6) is 0 Å². The fraction of sp³-hybridized carbons (Fsp3) is 0.167. The Kier molecular flexibility index (Phi) is 4.11. The largest absolute Gasteiger partial charge is 0.392 e. The summed E-state index contributed by atoms with van der Waals surface area (Å²) < 4.78 is 4.49. The molecule has 0 fully saturated rings. The molecule has 0 aromatic heterocycles. The zero-order valence-corrected chi connectivity index (χ0v) is 8.32. The van der Waals surface area contributed by atoms with Crippen molar-refractivity contribution in [3.05, 3.63) is 35.9 Å². The van der Waals surface area contributed by atoms with Crippen LogP contribution in [0.1, 0.15) is 23.7 Å². The summed E-state index contributed by atoms with van der Waals surface area (Å²) in [4.78, 5) is 22.3. The zero-order valence-electron chi connectivity index (χ0n) is 8.32. The maximum atomic E-state index is 11.3. The molecular formula is C12H10O3. The molecule has 0 radical (unpaired) electrons. The first kappa shape index (κ1) is 11.0. The van der Waals surface area contributed by atoms with Gasteiger partial charge in [0, 0.05) is 12.3 Å². The van der Waals surface area contributed by atoms with Crippen LogP contribution in [0, 0.1) is 11.8 Å². The predicted molar refractivity (Wildman–Crippen MR) is 54.9 cm³/mol. The lowest BCUT2D eigenvalue weighted by Gasteiger charge is -1.97. The molecule has 0 saturated carbocycles. The van der Waals surface area contributed by atoms with Crippen molar-refractivity contribution in [1.82, 2.24) is 0 Å². The van der Waals surface area contributed by atoms with E-state index in [1.54, 1.807) is 37.3 Å². The van der Waals surface area contributed by atoms with Crippen LogP contribution in [0.25, 0.3) is 0 Å². The Labute approximate surface area is 88.1 Å². The van der Waals surface area contributed by atoms with E-state index in [1.165, 1.54) is 0 Å². The van der Waals surface area contributed by atoms with Gasteiger partial charge >= 0.3 is 11.9 Å². The Balaban J connectivity index is 2.61. The molecule has 0 atom stereocenters. The third-order valence-corrected chi connectivity index (χ3v) is 1.56. The smallest absolute Gasteiger partial charge is 0.379 e. The molecule has 0 spiro atoms. The van der Waals surface area contributed by atoms with E-state index in [1.807, 2.05) is 0 Å². The van der Waals surface area contributed by atoms with Gasteiger partial charge < -0.3 is 4.74 Å². The Hall–Kier alpha value is -2.08. The van der Waals surface area contributed by atoms with Crippen LogP contribution < -0.4 is 0 Å². The van der Waals surface area contributed by atoms with Crippen molar-refractivity contribution in [1.29, 1.82) is 0 Å². The number of hydrogen-bond acceptors (Lipinski definition) is 3. The molecule has 1 aromatic rings. The van der Waals surface area contributed by atoms with Crippen LogP contribution in [-0.4, -0.2) is 11.9 Å². The van der Waals surface area contributed by atoms with Gasteiger partial charge in [0.25, 0.3) is 0 Å². The molecular weight excluding hydrogens is 192 g/mol. The quantitative estimate of drug-likeness (QED) is 0.302. The Bertz CT molecular complexity index is 409. The van der Waals surface area contributed by atoms with E-state index in [4.69, 9.17) is 0 Å². The monoisotopic (exact) mass is 202 g/mol. The molecule has 0 amide bonds. The van der Waals surface area contributed by atoms with Crippen LogP contribution in [0.4, 0.5) is 0 Å². The van der Waals surface area contributed by atoms with Crippen molar-refractivity contribution in [2.45, 2.75) is 13.3 Å². The first-order valence-corrected chi connectivity index (χ1v) is 4.54. The van der Waals surface area contributed by atoms with Gasteiger partial charge in [0.15, 0.2) is 0 Å². The number of ether oxygens (including phenoxy) is 1. The number of carbonyl (C=O) groups is 2. The predicted octanol–water partition coefficient (Wildman–Crippen LogP) is 1.78. The summed E-state index contributed by atoms with van der Waals surface area (Å²) in [7, 11) is 0. The summed E-state index contributed by atoms with van der Waals surface area (Å²) in [5.41, 5.74) is 0.337. The van der Waals surface area contributed by atoms with Gasteiger partial charge in [-0.05, 0) is 12.1 Å². The number of esters is 2. The van der Waals surface area contributed by atoms with Crippen LogP contribution >= 0.6 is 0 Å². The molecule has 3 nitrogen and oxygen atoms in total. The van der Waals surface area contributed by atoms with Crippen molar-refractivity contribution < 1.29 is 14.3 Å². The highest BCUT2D eigenvalue weighted by Gasteiger charge is 2.09. The molecule has 1 aromatic carbocycles. The van der Waals surface area contributed by atoms with Gasteiger partial charge in [-0.15, -0.1) is 0 Å². The molecule has 0 heterocycles. The highest BCUT2D eigenvalue weighted by Crippen LogP contribution is 2.00. The lowest BCUT2D eigenvalue weighted by molar-refractivity contribution is -0.131. The highest BCUT2D eigenvalue weighted by atomic mass is 16.6. The average molecular weight is 202 g/mol. The second-order valence-electron chi connectivity index (χ2n) is 2.70. The second kappa shape index (κ2) is 5.61. The van der Waals surface area contributed by atoms with Crippen molar-refractivity contribution in [3.63, 3.8) is 0 Å². The van der Waals surface area contributed by atoms with Gasteiger partial charge in [-0.2, -0.15) is 0 Å². The Morgan fingerprint density at radius 2 is 1.93 bits per heavy atom. The summed E-state index contributed by atoms with van der Waals surface area (Å²) in [6, 6.07) is 8.30. The van der Waals surface area contributed by atoms with E-state index in [0.717, 1.165) is 0 Å². The van der Waals surface area contributed by atoms with E-state index in [2.05, 4.69) is 16.6 Å². The van der Waals surface area contributed by atoms with Gasteiger partial charge in [0.05, 0.1) is 5.56 Å². The van der Waals surface area contributed by atoms with Crippen molar-refractivity contribution in [3.8, 4) is 11.8 Å². The highest BCUT2D eigenvalue weighted by molar-refractivity contribution is 6.02. The molecule has 0 aliphatic carbocycles. The first-order valence-electron chi connectivity index (χ1n) is 4.54. The first-order chi connectivity index (χ1) is 7.24. The molecule has 0 aliphatic heterocycles. The normalized spacial score (nSPS) is 8.60. The van der Waals surface area contributed by atoms with Crippen LogP contribution in [0.15, 0.2) is 30.3 Å². The van der Waals surface area contributed by atoms with Gasteiger partial charge in [-0.25, -0.2) is 9.59 Å². The molecule has 76 valence electrons. The van der Waals surface area contributed by atoms with Gasteiger partial charge in [-0.3, -0.25) is 0 Å². The van der Waals surface area contributed by atoms with Crippen LogP contribution in [0.2, 0.25) is 0 Å². The Morgan fingerprint density at radius 1 is 1.27 bits per heavy atom. The van der Waals surface area contributed by atoms with Crippen LogP contribution in [0.3, 0.4) is 0 Å². The van der Waals surface area contributed by atoms with Gasteiger partial charge in [-0.1, -0.05) is 31.0 Å². The number of benzene rings is 1. The van der Waals surface area contributed by atoms with E-state index in [0.29, 0.717) is 12.0 Å². The maximum Gasteiger partial charge on any atom is 0.392 e. The third-order valence-electron chi connectivity index (χ3n) is 1.56. The van der Waals surface area contributed by atoms with E-state index < -0.39 is 11.9 Å². The minimum atomic E-state index is -0.814. The SMILES string of the molecule is CCC#CC(=O)OC(=O)c1ccccc1. The topological polar surface area (TPSA) is 43.4 Å². The molecule has 3 heteroatoms. The lowest BCUT2D eigenvalue weighted by atomic mass is 10.2. The van der Waals surface area contributed by atoms with E-state index in [9.17, 15) is 9.59 Å². The maximum absolute atomic E-state index is 11.3. The van der Waals surface area contributed by atoms with Crippen molar-refractivity contribution in [2.75, 3.05) is 0 Å². The second-order valence-corrected chi connectivity index (χ2v) is 2.70. The third kappa shape index (κ3) is 3.65. The lowest BCUT2D eigenvalue weighted by Crippen LogP contribution is -2.10. The fourth-order valence-corrected chi connectivity index (χ4v) is 0.903. The molecule has 0 saturated heterocycles. The minimum Gasteiger partial charge on any atom is -0.379 e. The number of carbonyl (C=O) groups excluding carboxylic acids is 2. The molecule has 0 N–H and O–H groups in total. The van der Waals surface area contributed by atoms with Gasteiger partial charge in [0.1, 0.15) is 0 Å². The standard InChI is InChI=1S/C12H10O3/c1-2-3-9-11(13)15-12(14)10-7-5-4-6-8-10/h4-8H,2H2,1H3. The van der Waals surface area contributed by atoms with Crippen molar-refractivity contribution >= 4 is 11.9 Å². The van der Waals surface area contributed by atoms with Crippen LogP contribution in [-0.2, 0) is 9.53 Å². The summed E-state index contributed by atoms with van der Waals surface area (Å²) in [5, 5.41) is 0. The molecule has 0 unspecified atom stereocenters. The summed E-state index contributed by atoms with van der Waals surface area (Å²) in [5.74, 6) is 3.24.